The molecular formula is C15H20N2O2. The van der Waals surface area contributed by atoms with Gasteiger partial charge in [0, 0.05) is 11.7 Å². The van der Waals surface area contributed by atoms with E-state index in [4.69, 9.17) is 4.42 Å². The zero-order chi connectivity index (χ0) is 13.1. The van der Waals surface area contributed by atoms with E-state index in [1.54, 1.807) is 0 Å². The van der Waals surface area contributed by atoms with Crippen molar-refractivity contribution in [3.63, 3.8) is 0 Å². The van der Waals surface area contributed by atoms with Crippen molar-refractivity contribution in [3.8, 4) is 0 Å². The molecule has 4 heteroatoms. The number of aromatic nitrogens is 1. The van der Waals surface area contributed by atoms with Crippen molar-refractivity contribution in [1.82, 2.24) is 4.98 Å². The summed E-state index contributed by atoms with van der Waals surface area (Å²) in [5, 5.41) is 3.59. The van der Waals surface area contributed by atoms with Crippen LogP contribution in [-0.2, 0) is 0 Å². The van der Waals surface area contributed by atoms with E-state index in [1.165, 1.54) is 44.9 Å². The molecule has 0 amide bonds. The number of oxazole rings is 1. The van der Waals surface area contributed by atoms with Crippen LogP contribution in [0.15, 0.2) is 27.4 Å². The second kappa shape index (κ2) is 5.51. The van der Waals surface area contributed by atoms with Gasteiger partial charge in [-0.25, -0.2) is 4.79 Å². The molecule has 2 aromatic rings. The van der Waals surface area contributed by atoms with Gasteiger partial charge in [0.1, 0.15) is 0 Å². The van der Waals surface area contributed by atoms with Crippen molar-refractivity contribution < 1.29 is 4.42 Å². The second-order valence-electron chi connectivity index (χ2n) is 5.41. The van der Waals surface area contributed by atoms with E-state index < -0.39 is 5.76 Å². The standard InChI is InChI=1S/C15H20N2O2/c18-15-17-13-10-12(8-9-14(13)19-15)16-11-6-4-2-1-3-5-7-11/h8-11,16H,1-7H2,(H,17,18). The lowest BCUT2D eigenvalue weighted by molar-refractivity contribution is 0.471. The topological polar surface area (TPSA) is 58.0 Å². The first-order chi connectivity index (χ1) is 9.31. The number of rotatable bonds is 2. The van der Waals surface area contributed by atoms with Crippen molar-refractivity contribution in [2.45, 2.75) is 51.0 Å². The largest absolute Gasteiger partial charge is 0.417 e. The highest BCUT2D eigenvalue weighted by Crippen LogP contribution is 2.22. The lowest BCUT2D eigenvalue weighted by Gasteiger charge is -2.22. The highest BCUT2D eigenvalue weighted by molar-refractivity contribution is 5.76. The molecule has 1 aliphatic rings. The van der Waals surface area contributed by atoms with Gasteiger partial charge in [-0.3, -0.25) is 4.98 Å². The number of benzene rings is 1. The Hall–Kier alpha value is -1.71. The van der Waals surface area contributed by atoms with Gasteiger partial charge in [0.15, 0.2) is 5.58 Å². The predicted molar refractivity (Wildman–Crippen MR) is 76.6 cm³/mol. The first kappa shape index (κ1) is 12.3. The minimum Gasteiger partial charge on any atom is -0.408 e. The highest BCUT2D eigenvalue weighted by atomic mass is 16.4. The molecule has 1 aromatic heterocycles. The molecule has 0 atom stereocenters. The number of hydrogen-bond acceptors (Lipinski definition) is 3. The third-order valence-electron chi connectivity index (χ3n) is 3.89. The van der Waals surface area contributed by atoms with Crippen LogP contribution < -0.4 is 11.1 Å². The molecule has 0 saturated heterocycles. The summed E-state index contributed by atoms with van der Waals surface area (Å²) in [6.07, 6.45) is 9.18. The molecular weight excluding hydrogens is 240 g/mol. The first-order valence-electron chi connectivity index (χ1n) is 7.21. The number of aromatic amines is 1. The smallest absolute Gasteiger partial charge is 0.408 e. The van der Waals surface area contributed by atoms with E-state index >= 15 is 0 Å². The van der Waals surface area contributed by atoms with E-state index in [-0.39, 0.29) is 0 Å². The summed E-state index contributed by atoms with van der Waals surface area (Å²) in [4.78, 5) is 13.8. The molecule has 0 unspecified atom stereocenters. The molecule has 1 aromatic carbocycles. The van der Waals surface area contributed by atoms with Gasteiger partial charge in [0.2, 0.25) is 0 Å². The van der Waals surface area contributed by atoms with Gasteiger partial charge in [-0.1, -0.05) is 32.1 Å². The summed E-state index contributed by atoms with van der Waals surface area (Å²) in [6.45, 7) is 0. The predicted octanol–water partition coefficient (Wildman–Crippen LogP) is 3.65. The van der Waals surface area contributed by atoms with Crippen LogP contribution in [0, 0.1) is 0 Å². The highest BCUT2D eigenvalue weighted by Gasteiger charge is 2.11. The van der Waals surface area contributed by atoms with E-state index in [2.05, 4.69) is 10.3 Å². The number of H-pyrrole nitrogens is 1. The van der Waals surface area contributed by atoms with Crippen LogP contribution in [0.5, 0.6) is 0 Å². The Balaban J connectivity index is 1.74. The average molecular weight is 260 g/mol. The van der Waals surface area contributed by atoms with E-state index in [0.29, 0.717) is 11.6 Å². The zero-order valence-corrected chi connectivity index (χ0v) is 11.1. The molecule has 102 valence electrons. The van der Waals surface area contributed by atoms with Crippen LogP contribution in [-0.4, -0.2) is 11.0 Å². The monoisotopic (exact) mass is 260 g/mol. The molecule has 1 heterocycles. The molecule has 1 fully saturated rings. The van der Waals surface area contributed by atoms with Gasteiger partial charge in [0.25, 0.3) is 0 Å². The molecule has 0 radical (unpaired) electrons. The maximum absolute atomic E-state index is 11.1. The number of fused-ring (bicyclic) bond motifs is 1. The van der Waals surface area contributed by atoms with Crippen LogP contribution in [0.4, 0.5) is 5.69 Å². The molecule has 4 nitrogen and oxygen atoms in total. The molecule has 19 heavy (non-hydrogen) atoms. The van der Waals surface area contributed by atoms with Crippen molar-refractivity contribution in [2.75, 3.05) is 5.32 Å². The number of hydrogen-bond donors (Lipinski definition) is 2. The van der Waals surface area contributed by atoms with Crippen molar-refractivity contribution in [1.29, 1.82) is 0 Å². The van der Waals surface area contributed by atoms with Gasteiger partial charge >= 0.3 is 5.76 Å². The average Bonchev–Trinajstić information content (AvgIpc) is 2.72. The van der Waals surface area contributed by atoms with Crippen LogP contribution in [0.2, 0.25) is 0 Å². The number of nitrogens with one attached hydrogen (secondary N) is 2. The van der Waals surface area contributed by atoms with Crippen LogP contribution in [0.1, 0.15) is 44.9 Å². The minimum atomic E-state index is -0.391. The molecule has 2 N–H and O–H groups in total. The maximum atomic E-state index is 11.1. The quantitative estimate of drug-likeness (QED) is 0.866. The SMILES string of the molecule is O=c1[nH]c2cc(NC3CCCCCCC3)ccc2o1. The maximum Gasteiger partial charge on any atom is 0.417 e. The van der Waals surface area contributed by atoms with E-state index in [9.17, 15) is 4.79 Å². The summed E-state index contributed by atoms with van der Waals surface area (Å²) in [5.41, 5.74) is 2.45. The Bertz CT molecular complexity index is 591. The summed E-state index contributed by atoms with van der Waals surface area (Å²) < 4.78 is 5.01. The van der Waals surface area contributed by atoms with Gasteiger partial charge in [-0.2, -0.15) is 0 Å². The van der Waals surface area contributed by atoms with E-state index in [1.807, 2.05) is 18.2 Å². The third kappa shape index (κ3) is 3.00. The van der Waals surface area contributed by atoms with Crippen molar-refractivity contribution >= 4 is 16.8 Å². The Labute approximate surface area is 112 Å². The fourth-order valence-corrected chi connectivity index (χ4v) is 2.88. The molecule has 1 saturated carbocycles. The normalized spacial score (nSPS) is 18.1. The van der Waals surface area contributed by atoms with Gasteiger partial charge in [-0.15, -0.1) is 0 Å². The fraction of sp³-hybridized carbons (Fsp3) is 0.533. The Morgan fingerprint density at radius 3 is 2.63 bits per heavy atom. The molecule has 1 aliphatic carbocycles. The molecule has 0 spiro atoms. The first-order valence-corrected chi connectivity index (χ1v) is 7.21. The van der Waals surface area contributed by atoms with Crippen molar-refractivity contribution in [3.05, 3.63) is 28.7 Å². The molecule has 0 aliphatic heterocycles. The van der Waals surface area contributed by atoms with Crippen molar-refractivity contribution in [2.24, 2.45) is 0 Å². The second-order valence-corrected chi connectivity index (χ2v) is 5.41. The molecule has 0 bridgehead atoms. The zero-order valence-electron chi connectivity index (χ0n) is 11.1. The lowest BCUT2D eigenvalue weighted by Crippen LogP contribution is -2.20. The summed E-state index contributed by atoms with van der Waals surface area (Å²) in [5.74, 6) is -0.391. The fourth-order valence-electron chi connectivity index (χ4n) is 2.88. The molecule has 3 rings (SSSR count). The van der Waals surface area contributed by atoms with Gasteiger partial charge < -0.3 is 9.73 Å². The Kier molecular flexibility index (Phi) is 3.58. The van der Waals surface area contributed by atoms with Gasteiger partial charge in [-0.05, 0) is 31.0 Å². The summed E-state index contributed by atoms with van der Waals surface area (Å²) >= 11 is 0. The Morgan fingerprint density at radius 2 is 1.84 bits per heavy atom. The summed E-state index contributed by atoms with van der Waals surface area (Å²) in [6, 6.07) is 6.34. The van der Waals surface area contributed by atoms with Crippen LogP contribution >= 0.6 is 0 Å². The Morgan fingerprint density at radius 1 is 1.11 bits per heavy atom. The minimum absolute atomic E-state index is 0.391. The van der Waals surface area contributed by atoms with Gasteiger partial charge in [0.05, 0.1) is 5.52 Å². The lowest BCUT2D eigenvalue weighted by atomic mass is 9.96. The van der Waals surface area contributed by atoms with Crippen LogP contribution in [0.3, 0.4) is 0 Å². The summed E-state index contributed by atoms with van der Waals surface area (Å²) in [7, 11) is 0. The third-order valence-corrected chi connectivity index (χ3v) is 3.89. The van der Waals surface area contributed by atoms with E-state index in [0.717, 1.165) is 11.2 Å². The number of anilines is 1. The van der Waals surface area contributed by atoms with Crippen LogP contribution in [0.25, 0.3) is 11.1 Å².